The molecule has 6 nitrogen and oxygen atoms in total. The molecule has 0 atom stereocenters. The summed E-state index contributed by atoms with van der Waals surface area (Å²) in [6.07, 6.45) is 0.117. The fraction of sp³-hybridized carbons (Fsp3) is 0.185. The van der Waals surface area contributed by atoms with Crippen molar-refractivity contribution in [2.75, 3.05) is 36.1 Å². The Kier molecular flexibility index (Phi) is 5.98. The number of nitrogens with one attached hydrogen (secondary N) is 1. The van der Waals surface area contributed by atoms with Crippen LogP contribution in [-0.2, 0) is 0 Å². The SMILES string of the molecule is O=C(NN1CCOc2ccccc21)c1cnc2c(-c3cc(Cl)cc(F)c3F)c(F)ccc2c1N1CC(F)C1. The zero-order chi connectivity index (χ0) is 26.6. The number of aromatic nitrogens is 1. The minimum Gasteiger partial charge on any atom is -0.489 e. The van der Waals surface area contributed by atoms with E-state index < -0.39 is 35.1 Å². The third-order valence-corrected chi connectivity index (χ3v) is 6.80. The number of para-hydroxylation sites is 2. The van der Waals surface area contributed by atoms with Crippen LogP contribution in [0.1, 0.15) is 10.4 Å². The predicted octanol–water partition coefficient (Wildman–Crippen LogP) is 5.67. The zero-order valence-corrected chi connectivity index (χ0v) is 20.4. The number of amides is 1. The highest BCUT2D eigenvalue weighted by atomic mass is 35.5. The van der Waals surface area contributed by atoms with Gasteiger partial charge in [-0.3, -0.25) is 20.2 Å². The minimum absolute atomic E-state index is 0.00659. The number of fused-ring (bicyclic) bond motifs is 2. The number of benzene rings is 3. The molecular formula is C27H19ClF4N4O2. The molecule has 1 fully saturated rings. The van der Waals surface area contributed by atoms with E-state index in [2.05, 4.69) is 10.4 Å². The Balaban J connectivity index is 1.48. The Labute approximate surface area is 219 Å². The molecule has 1 N–H and O–H groups in total. The minimum atomic E-state index is -1.29. The number of hydrogen-bond donors (Lipinski definition) is 1. The second-order valence-electron chi connectivity index (χ2n) is 9.00. The zero-order valence-electron chi connectivity index (χ0n) is 19.6. The van der Waals surface area contributed by atoms with Crippen LogP contribution < -0.4 is 20.1 Å². The van der Waals surface area contributed by atoms with Crippen molar-refractivity contribution < 1.29 is 27.1 Å². The molecule has 0 unspecified atom stereocenters. The molecule has 11 heteroatoms. The van der Waals surface area contributed by atoms with Crippen molar-refractivity contribution in [3.8, 4) is 16.9 Å². The molecule has 4 aromatic rings. The van der Waals surface area contributed by atoms with Crippen LogP contribution in [-0.4, -0.2) is 43.3 Å². The molecule has 1 amide bonds. The molecule has 0 bridgehead atoms. The summed E-state index contributed by atoms with van der Waals surface area (Å²) in [5.41, 5.74) is 3.20. The lowest BCUT2D eigenvalue weighted by Crippen LogP contribution is -2.50. The Morgan fingerprint density at radius 2 is 1.87 bits per heavy atom. The van der Waals surface area contributed by atoms with E-state index in [1.54, 1.807) is 22.0 Å². The van der Waals surface area contributed by atoms with Crippen LogP contribution in [0.2, 0.25) is 5.02 Å². The molecule has 2 aliphatic rings. The molecule has 1 saturated heterocycles. The van der Waals surface area contributed by atoms with Crippen LogP contribution in [0.5, 0.6) is 5.75 Å². The molecule has 0 spiro atoms. The first kappa shape index (κ1) is 24.3. The molecule has 3 aromatic carbocycles. The van der Waals surface area contributed by atoms with Gasteiger partial charge >= 0.3 is 0 Å². The summed E-state index contributed by atoms with van der Waals surface area (Å²) in [6.45, 7) is 0.740. The molecule has 0 radical (unpaired) electrons. The Bertz CT molecular complexity index is 1600. The molecule has 3 heterocycles. The fourth-order valence-electron chi connectivity index (χ4n) is 4.80. The highest BCUT2D eigenvalue weighted by Gasteiger charge is 2.33. The summed E-state index contributed by atoms with van der Waals surface area (Å²) in [4.78, 5) is 19.5. The summed E-state index contributed by atoms with van der Waals surface area (Å²) in [7, 11) is 0. The van der Waals surface area contributed by atoms with Crippen LogP contribution in [0, 0.1) is 17.5 Å². The van der Waals surface area contributed by atoms with Crippen molar-refractivity contribution in [2.24, 2.45) is 0 Å². The third-order valence-electron chi connectivity index (χ3n) is 6.59. The number of nitrogens with zero attached hydrogens (tertiary/aromatic N) is 3. The standard InChI is InChI=1S/C27H19ClF4N4O2/c28-14-9-17(24(32)20(31)10-14)23-19(30)6-5-16-25(23)33-11-18(26(16)35-12-15(29)13-35)27(37)34-36-7-8-38-22-4-2-1-3-21(22)36/h1-6,9-11,15H,7-8,12-13H2,(H,34,37). The van der Waals surface area contributed by atoms with E-state index in [1.807, 2.05) is 12.1 Å². The van der Waals surface area contributed by atoms with Crippen molar-refractivity contribution in [3.05, 3.63) is 82.8 Å². The predicted molar refractivity (Wildman–Crippen MR) is 136 cm³/mol. The Hall–Kier alpha value is -4.05. The van der Waals surface area contributed by atoms with Gasteiger partial charge in [0.25, 0.3) is 5.91 Å². The maximum Gasteiger partial charge on any atom is 0.273 e. The number of alkyl halides is 1. The number of halogens is 5. The number of hydrogen-bond acceptors (Lipinski definition) is 5. The summed E-state index contributed by atoms with van der Waals surface area (Å²) in [5.74, 6) is -3.31. The van der Waals surface area contributed by atoms with Crippen LogP contribution in [0.25, 0.3) is 22.0 Å². The number of pyridine rings is 1. The highest BCUT2D eigenvalue weighted by molar-refractivity contribution is 6.31. The van der Waals surface area contributed by atoms with Gasteiger partial charge in [-0.05, 0) is 36.4 Å². The van der Waals surface area contributed by atoms with E-state index in [4.69, 9.17) is 16.3 Å². The number of carbonyl (C=O) groups is 1. The van der Waals surface area contributed by atoms with E-state index in [0.717, 1.165) is 18.2 Å². The van der Waals surface area contributed by atoms with Gasteiger partial charge in [-0.25, -0.2) is 17.6 Å². The Morgan fingerprint density at radius 3 is 2.66 bits per heavy atom. The quantitative estimate of drug-likeness (QED) is 0.266. The van der Waals surface area contributed by atoms with Gasteiger partial charge in [-0.15, -0.1) is 0 Å². The van der Waals surface area contributed by atoms with Crippen LogP contribution >= 0.6 is 11.6 Å². The second kappa shape index (κ2) is 9.36. The maximum atomic E-state index is 15.1. The average molecular weight is 543 g/mol. The smallest absolute Gasteiger partial charge is 0.273 e. The van der Waals surface area contributed by atoms with E-state index in [1.165, 1.54) is 12.3 Å². The van der Waals surface area contributed by atoms with Crippen LogP contribution in [0.4, 0.5) is 28.9 Å². The number of ether oxygens (including phenoxy) is 1. The van der Waals surface area contributed by atoms with Gasteiger partial charge in [-0.1, -0.05) is 23.7 Å². The number of anilines is 2. The van der Waals surface area contributed by atoms with Crippen molar-refractivity contribution in [1.29, 1.82) is 0 Å². The largest absolute Gasteiger partial charge is 0.489 e. The number of hydrazine groups is 1. The molecule has 6 rings (SSSR count). The molecule has 1 aromatic heterocycles. The Morgan fingerprint density at radius 1 is 1.08 bits per heavy atom. The first-order chi connectivity index (χ1) is 18.3. The van der Waals surface area contributed by atoms with Crippen molar-refractivity contribution in [2.45, 2.75) is 6.17 Å². The molecule has 38 heavy (non-hydrogen) atoms. The van der Waals surface area contributed by atoms with E-state index in [0.29, 0.717) is 30.3 Å². The van der Waals surface area contributed by atoms with Crippen molar-refractivity contribution >= 4 is 39.8 Å². The van der Waals surface area contributed by atoms with E-state index in [-0.39, 0.29) is 40.1 Å². The van der Waals surface area contributed by atoms with Gasteiger partial charge in [0.05, 0.1) is 42.1 Å². The van der Waals surface area contributed by atoms with Gasteiger partial charge < -0.3 is 9.64 Å². The normalized spacial score (nSPS) is 15.2. The maximum absolute atomic E-state index is 15.1. The van der Waals surface area contributed by atoms with Gasteiger partial charge in [0, 0.05) is 27.7 Å². The van der Waals surface area contributed by atoms with E-state index >= 15 is 4.39 Å². The number of carbonyl (C=O) groups excluding carboxylic acids is 1. The highest BCUT2D eigenvalue weighted by Crippen LogP contribution is 2.40. The van der Waals surface area contributed by atoms with Gasteiger partial charge in [-0.2, -0.15) is 0 Å². The van der Waals surface area contributed by atoms with Crippen LogP contribution in [0.15, 0.2) is 54.7 Å². The van der Waals surface area contributed by atoms with Gasteiger partial charge in [0.1, 0.15) is 24.3 Å². The molecule has 194 valence electrons. The molecule has 0 saturated carbocycles. The first-order valence-corrected chi connectivity index (χ1v) is 12.1. The fourth-order valence-corrected chi connectivity index (χ4v) is 5.01. The molecular weight excluding hydrogens is 524 g/mol. The van der Waals surface area contributed by atoms with Crippen LogP contribution in [0.3, 0.4) is 0 Å². The molecule has 0 aliphatic carbocycles. The first-order valence-electron chi connectivity index (χ1n) is 11.8. The van der Waals surface area contributed by atoms with Gasteiger partial charge in [0.2, 0.25) is 0 Å². The lowest BCUT2D eigenvalue weighted by molar-refractivity contribution is 0.0944. The lowest BCUT2D eigenvalue weighted by atomic mass is 9.97. The average Bonchev–Trinajstić information content (AvgIpc) is 2.88. The topological polar surface area (TPSA) is 57.7 Å². The van der Waals surface area contributed by atoms with E-state index in [9.17, 15) is 18.0 Å². The lowest BCUT2D eigenvalue weighted by Gasteiger charge is -2.38. The summed E-state index contributed by atoms with van der Waals surface area (Å²) < 4.78 is 63.6. The monoisotopic (exact) mass is 542 g/mol. The van der Waals surface area contributed by atoms with Gasteiger partial charge in [0.15, 0.2) is 11.6 Å². The second-order valence-corrected chi connectivity index (χ2v) is 9.44. The molecule has 2 aliphatic heterocycles. The summed E-state index contributed by atoms with van der Waals surface area (Å²) in [5, 5.41) is 1.80. The van der Waals surface area contributed by atoms with Crippen molar-refractivity contribution in [1.82, 2.24) is 10.4 Å². The third kappa shape index (κ3) is 4.05. The summed E-state index contributed by atoms with van der Waals surface area (Å²) in [6, 6.07) is 11.6. The summed E-state index contributed by atoms with van der Waals surface area (Å²) >= 11 is 5.93. The van der Waals surface area contributed by atoms with Crippen molar-refractivity contribution in [3.63, 3.8) is 0 Å². The number of rotatable bonds is 4.